The first-order valence-corrected chi connectivity index (χ1v) is 6.94. The molecular formula is C12H16ClNS. The maximum absolute atomic E-state index is 6.17. The van der Waals surface area contributed by atoms with Crippen LogP contribution >= 0.6 is 22.9 Å². The lowest BCUT2D eigenvalue weighted by molar-refractivity contribution is 0.357. The molecular weight excluding hydrogens is 226 g/mol. The lowest BCUT2D eigenvalue weighted by Gasteiger charge is -2.36. The fourth-order valence-electron chi connectivity index (χ4n) is 3.10. The summed E-state index contributed by atoms with van der Waals surface area (Å²) in [5, 5.41) is 3.63. The molecule has 1 spiro atoms. The monoisotopic (exact) mass is 241 g/mol. The molecule has 82 valence electrons. The minimum absolute atomic E-state index is 0.430. The Hall–Kier alpha value is -0.0500. The van der Waals surface area contributed by atoms with E-state index < -0.39 is 0 Å². The van der Waals surface area contributed by atoms with E-state index in [-0.39, 0.29) is 0 Å². The number of fused-ring (bicyclic) bond motifs is 2. The highest BCUT2D eigenvalue weighted by atomic mass is 35.5. The molecule has 3 rings (SSSR count). The van der Waals surface area contributed by atoms with Gasteiger partial charge in [-0.2, -0.15) is 0 Å². The van der Waals surface area contributed by atoms with Gasteiger partial charge in [-0.05, 0) is 31.4 Å². The summed E-state index contributed by atoms with van der Waals surface area (Å²) in [6.07, 6.45) is 5.45. The molecule has 0 bridgehead atoms. The largest absolute Gasteiger partial charge is 0.309 e. The summed E-state index contributed by atoms with van der Waals surface area (Å²) >= 11 is 7.98. The molecule has 1 N–H and O–H groups in total. The number of rotatable bonds is 0. The first-order chi connectivity index (χ1) is 7.21. The summed E-state index contributed by atoms with van der Waals surface area (Å²) in [5.74, 6) is 0. The molecule has 3 heteroatoms. The van der Waals surface area contributed by atoms with Gasteiger partial charge in [0.1, 0.15) is 0 Å². The van der Waals surface area contributed by atoms with Crippen LogP contribution in [0, 0.1) is 0 Å². The van der Waals surface area contributed by atoms with Crippen molar-refractivity contribution in [3.05, 3.63) is 20.8 Å². The fourth-order valence-corrected chi connectivity index (χ4v) is 4.68. The van der Waals surface area contributed by atoms with Crippen molar-refractivity contribution >= 4 is 22.9 Å². The maximum atomic E-state index is 6.17. The standard InChI is InChI=1S/C12H16ClNS/c1-8-9-6-10(13)15-11(9)12(7-14-8)4-2-3-5-12/h6,8,14H,2-5,7H2,1H3. The molecule has 2 heterocycles. The Kier molecular flexibility index (Phi) is 2.35. The van der Waals surface area contributed by atoms with Gasteiger partial charge < -0.3 is 5.32 Å². The van der Waals surface area contributed by atoms with E-state index in [1.807, 2.05) is 11.3 Å². The van der Waals surface area contributed by atoms with E-state index >= 15 is 0 Å². The Morgan fingerprint density at radius 2 is 2.20 bits per heavy atom. The fraction of sp³-hybridized carbons (Fsp3) is 0.667. The lowest BCUT2D eigenvalue weighted by Crippen LogP contribution is -2.41. The molecule has 0 aromatic carbocycles. The third-order valence-electron chi connectivity index (χ3n) is 3.99. The molecule has 1 aromatic heterocycles. The third kappa shape index (κ3) is 1.46. The van der Waals surface area contributed by atoms with Gasteiger partial charge >= 0.3 is 0 Å². The molecule has 1 aliphatic carbocycles. The Labute approximate surface area is 99.8 Å². The molecule has 1 aliphatic heterocycles. The topological polar surface area (TPSA) is 12.0 Å². The Bertz CT molecular complexity index is 379. The minimum atomic E-state index is 0.430. The van der Waals surface area contributed by atoms with Crippen molar-refractivity contribution in [2.45, 2.75) is 44.1 Å². The van der Waals surface area contributed by atoms with E-state index in [1.165, 1.54) is 31.2 Å². The van der Waals surface area contributed by atoms with Gasteiger partial charge in [0.2, 0.25) is 0 Å². The smallest absolute Gasteiger partial charge is 0.0934 e. The van der Waals surface area contributed by atoms with Crippen LogP contribution in [-0.4, -0.2) is 6.54 Å². The second-order valence-corrected chi connectivity index (χ2v) is 6.61. The van der Waals surface area contributed by atoms with Crippen LogP contribution in [0.3, 0.4) is 0 Å². The maximum Gasteiger partial charge on any atom is 0.0934 e. The normalized spacial score (nSPS) is 28.3. The number of hydrogen-bond donors (Lipinski definition) is 1. The van der Waals surface area contributed by atoms with Crippen LogP contribution in [0.25, 0.3) is 0 Å². The van der Waals surface area contributed by atoms with Crippen LogP contribution in [0.2, 0.25) is 4.34 Å². The van der Waals surface area contributed by atoms with Crippen molar-refractivity contribution in [2.75, 3.05) is 6.54 Å². The summed E-state index contributed by atoms with van der Waals surface area (Å²) in [7, 11) is 0. The van der Waals surface area contributed by atoms with Crippen LogP contribution in [0.15, 0.2) is 6.07 Å². The van der Waals surface area contributed by atoms with Crippen molar-refractivity contribution < 1.29 is 0 Å². The summed E-state index contributed by atoms with van der Waals surface area (Å²) in [4.78, 5) is 1.58. The molecule has 1 atom stereocenters. The van der Waals surface area contributed by atoms with E-state index in [0.717, 1.165) is 10.9 Å². The summed E-state index contributed by atoms with van der Waals surface area (Å²) in [5.41, 5.74) is 1.89. The summed E-state index contributed by atoms with van der Waals surface area (Å²) in [6.45, 7) is 3.39. The lowest BCUT2D eigenvalue weighted by atomic mass is 9.78. The molecule has 2 aliphatic rings. The van der Waals surface area contributed by atoms with Gasteiger partial charge in [-0.3, -0.25) is 0 Å². The molecule has 1 nitrogen and oxygen atoms in total. The Morgan fingerprint density at radius 3 is 2.93 bits per heavy atom. The van der Waals surface area contributed by atoms with E-state index in [2.05, 4.69) is 18.3 Å². The van der Waals surface area contributed by atoms with Gasteiger partial charge in [0.05, 0.1) is 4.34 Å². The van der Waals surface area contributed by atoms with Crippen molar-refractivity contribution in [2.24, 2.45) is 0 Å². The van der Waals surface area contributed by atoms with E-state index in [0.29, 0.717) is 11.5 Å². The Morgan fingerprint density at radius 1 is 1.47 bits per heavy atom. The van der Waals surface area contributed by atoms with Crippen molar-refractivity contribution in [3.63, 3.8) is 0 Å². The number of halogens is 1. The highest BCUT2D eigenvalue weighted by Gasteiger charge is 2.42. The van der Waals surface area contributed by atoms with Crippen LogP contribution in [0.5, 0.6) is 0 Å². The van der Waals surface area contributed by atoms with E-state index in [9.17, 15) is 0 Å². The second kappa shape index (κ2) is 3.47. The number of hydrogen-bond acceptors (Lipinski definition) is 2. The zero-order valence-electron chi connectivity index (χ0n) is 8.98. The average Bonchev–Trinajstić information content (AvgIpc) is 2.80. The average molecular weight is 242 g/mol. The first kappa shape index (κ1) is 10.1. The van der Waals surface area contributed by atoms with Crippen LogP contribution in [-0.2, 0) is 5.41 Å². The molecule has 15 heavy (non-hydrogen) atoms. The van der Waals surface area contributed by atoms with E-state index in [4.69, 9.17) is 11.6 Å². The molecule has 1 unspecified atom stereocenters. The van der Waals surface area contributed by atoms with Crippen LogP contribution in [0.1, 0.15) is 49.1 Å². The number of nitrogens with one attached hydrogen (secondary N) is 1. The minimum Gasteiger partial charge on any atom is -0.309 e. The van der Waals surface area contributed by atoms with E-state index in [1.54, 1.807) is 4.88 Å². The van der Waals surface area contributed by atoms with Crippen molar-refractivity contribution in [1.29, 1.82) is 0 Å². The van der Waals surface area contributed by atoms with Gasteiger partial charge in [0, 0.05) is 22.9 Å². The second-order valence-electron chi connectivity index (χ2n) is 4.93. The predicted octanol–water partition coefficient (Wildman–Crippen LogP) is 3.88. The van der Waals surface area contributed by atoms with Crippen molar-refractivity contribution in [3.8, 4) is 0 Å². The van der Waals surface area contributed by atoms with Gasteiger partial charge in [-0.1, -0.05) is 24.4 Å². The number of thiophene rings is 1. The van der Waals surface area contributed by atoms with Crippen molar-refractivity contribution in [1.82, 2.24) is 5.32 Å². The molecule has 1 aromatic rings. The van der Waals surface area contributed by atoms with Crippen LogP contribution < -0.4 is 5.32 Å². The molecule has 0 radical (unpaired) electrons. The van der Waals surface area contributed by atoms with Crippen LogP contribution in [0.4, 0.5) is 0 Å². The quantitative estimate of drug-likeness (QED) is 0.727. The molecule has 1 saturated carbocycles. The predicted molar refractivity (Wildman–Crippen MR) is 65.9 cm³/mol. The molecule has 0 amide bonds. The zero-order chi connectivity index (χ0) is 10.5. The Balaban J connectivity index is 2.11. The highest BCUT2D eigenvalue weighted by molar-refractivity contribution is 7.16. The zero-order valence-corrected chi connectivity index (χ0v) is 10.5. The summed E-state index contributed by atoms with van der Waals surface area (Å²) in [6, 6.07) is 2.65. The SMILES string of the molecule is CC1NCC2(CCCC2)c2sc(Cl)cc21. The van der Waals surface area contributed by atoms with Gasteiger partial charge in [0.15, 0.2) is 0 Å². The van der Waals surface area contributed by atoms with Gasteiger partial charge in [-0.15, -0.1) is 11.3 Å². The third-order valence-corrected chi connectivity index (χ3v) is 5.51. The first-order valence-electron chi connectivity index (χ1n) is 5.74. The van der Waals surface area contributed by atoms with Gasteiger partial charge in [-0.25, -0.2) is 0 Å². The summed E-state index contributed by atoms with van der Waals surface area (Å²) < 4.78 is 0.960. The molecule has 0 saturated heterocycles. The molecule has 1 fully saturated rings. The van der Waals surface area contributed by atoms with Gasteiger partial charge in [0.25, 0.3) is 0 Å². The highest BCUT2D eigenvalue weighted by Crippen LogP contribution is 2.50.